The van der Waals surface area contributed by atoms with Crippen molar-refractivity contribution in [1.82, 2.24) is 0 Å². The van der Waals surface area contributed by atoms with Gasteiger partial charge in [-0.05, 0) is 31.1 Å². The van der Waals surface area contributed by atoms with Crippen LogP contribution in [0.15, 0.2) is 48.5 Å². The second-order valence-corrected chi connectivity index (χ2v) is 2.42. The number of hydrogen-bond acceptors (Lipinski definition) is 1. The third-order valence-electron chi connectivity index (χ3n) is 1.63. The quantitative estimate of drug-likeness (QED) is 0.585. The van der Waals surface area contributed by atoms with Gasteiger partial charge in [-0.3, -0.25) is 0 Å². The monoisotopic (exact) mass is 148 g/mol. The van der Waals surface area contributed by atoms with E-state index in [1.807, 2.05) is 13.0 Å². The van der Waals surface area contributed by atoms with E-state index in [0.29, 0.717) is 0 Å². The lowest BCUT2D eigenvalue weighted by Crippen LogP contribution is -1.97. The zero-order chi connectivity index (χ0) is 8.27. The van der Waals surface area contributed by atoms with Crippen LogP contribution in [0.2, 0.25) is 0 Å². The van der Waals surface area contributed by atoms with Gasteiger partial charge < -0.3 is 4.74 Å². The van der Waals surface area contributed by atoms with Crippen molar-refractivity contribution in [2.45, 2.75) is 13.3 Å². The van der Waals surface area contributed by atoms with Crippen LogP contribution in [0.5, 0.6) is 0 Å². The van der Waals surface area contributed by atoms with Crippen LogP contribution >= 0.6 is 0 Å². The predicted molar refractivity (Wildman–Crippen MR) is 46.9 cm³/mol. The molecule has 0 aromatic rings. The van der Waals surface area contributed by atoms with Crippen molar-refractivity contribution in [3.8, 4) is 0 Å². The fourth-order valence-electron chi connectivity index (χ4n) is 0.992. The van der Waals surface area contributed by atoms with Crippen molar-refractivity contribution in [2.75, 3.05) is 0 Å². The van der Waals surface area contributed by atoms with Gasteiger partial charge in [-0.2, -0.15) is 0 Å². The first-order chi connectivity index (χ1) is 5.27. The summed E-state index contributed by atoms with van der Waals surface area (Å²) < 4.78 is 5.39. The molecule has 0 aromatic carbocycles. The van der Waals surface area contributed by atoms with Gasteiger partial charge in [-0.15, -0.1) is 0 Å². The molecular weight excluding hydrogens is 136 g/mol. The van der Waals surface area contributed by atoms with E-state index < -0.39 is 0 Å². The van der Waals surface area contributed by atoms with Crippen LogP contribution in [0.1, 0.15) is 13.3 Å². The Bertz CT molecular complexity index is 244. The third-order valence-corrected chi connectivity index (χ3v) is 1.63. The molecule has 0 aliphatic carbocycles. The summed E-state index contributed by atoms with van der Waals surface area (Å²) in [7, 11) is 0. The lowest BCUT2D eigenvalue weighted by atomic mass is 10.1. The maximum Gasteiger partial charge on any atom is 0.129 e. The van der Waals surface area contributed by atoms with E-state index in [2.05, 4.69) is 13.2 Å². The highest BCUT2D eigenvalue weighted by Crippen LogP contribution is 2.22. The molecule has 0 bridgehead atoms. The molecular formula is C10H12O. The van der Waals surface area contributed by atoms with Crippen molar-refractivity contribution < 1.29 is 4.74 Å². The topological polar surface area (TPSA) is 9.23 Å². The van der Waals surface area contributed by atoms with Gasteiger partial charge in [0.15, 0.2) is 0 Å². The van der Waals surface area contributed by atoms with E-state index in [9.17, 15) is 0 Å². The number of hydrogen-bond donors (Lipinski definition) is 0. The minimum atomic E-state index is 0.833. The number of allylic oxidation sites excluding steroid dienone is 5. The Labute approximate surface area is 67.4 Å². The molecule has 0 saturated heterocycles. The van der Waals surface area contributed by atoms with Crippen LogP contribution in [0, 0.1) is 0 Å². The summed E-state index contributed by atoms with van der Waals surface area (Å²) in [6, 6.07) is 0. The summed E-state index contributed by atoms with van der Waals surface area (Å²) >= 11 is 0. The predicted octanol–water partition coefficient (Wildman–Crippen LogP) is 2.94. The number of ether oxygens (including phenoxy) is 1. The average molecular weight is 148 g/mol. The average Bonchev–Trinajstić information content (AvgIpc) is 2.04. The standard InChI is InChI=1S/C10H12O/c1-4-9-7-6-8(3)11-10(9)5-2/h4-6H,1-2,7H2,3H3. The fraction of sp³-hybridized carbons (Fsp3) is 0.200. The van der Waals surface area contributed by atoms with E-state index in [0.717, 1.165) is 23.5 Å². The van der Waals surface area contributed by atoms with Gasteiger partial charge >= 0.3 is 0 Å². The molecule has 1 aliphatic rings. The van der Waals surface area contributed by atoms with Gasteiger partial charge in [-0.1, -0.05) is 19.2 Å². The molecule has 0 saturated carbocycles. The highest BCUT2D eigenvalue weighted by molar-refractivity contribution is 5.32. The Morgan fingerprint density at radius 2 is 2.18 bits per heavy atom. The van der Waals surface area contributed by atoms with Crippen molar-refractivity contribution in [3.05, 3.63) is 48.5 Å². The highest BCUT2D eigenvalue weighted by atomic mass is 16.5. The second kappa shape index (κ2) is 3.24. The van der Waals surface area contributed by atoms with Crippen LogP contribution in [-0.4, -0.2) is 0 Å². The normalized spacial score (nSPS) is 17.0. The molecule has 0 amide bonds. The van der Waals surface area contributed by atoms with Gasteiger partial charge in [0.2, 0.25) is 0 Å². The largest absolute Gasteiger partial charge is 0.462 e. The minimum Gasteiger partial charge on any atom is -0.462 e. The van der Waals surface area contributed by atoms with Crippen LogP contribution in [0.3, 0.4) is 0 Å². The molecule has 0 radical (unpaired) electrons. The summed E-state index contributed by atoms with van der Waals surface area (Å²) in [6.45, 7) is 9.29. The maximum atomic E-state index is 5.39. The Balaban J connectivity index is 2.88. The molecule has 0 spiro atoms. The first-order valence-corrected chi connectivity index (χ1v) is 3.60. The van der Waals surface area contributed by atoms with Crippen molar-refractivity contribution in [2.24, 2.45) is 0 Å². The lowest BCUT2D eigenvalue weighted by Gasteiger charge is -2.14. The van der Waals surface area contributed by atoms with Crippen LogP contribution < -0.4 is 0 Å². The molecule has 0 N–H and O–H groups in total. The molecule has 1 heteroatoms. The van der Waals surface area contributed by atoms with E-state index >= 15 is 0 Å². The van der Waals surface area contributed by atoms with Gasteiger partial charge in [0.1, 0.15) is 5.76 Å². The van der Waals surface area contributed by atoms with Crippen LogP contribution in [-0.2, 0) is 4.74 Å². The molecule has 0 aromatic heterocycles. The lowest BCUT2D eigenvalue weighted by molar-refractivity contribution is 0.309. The molecule has 1 nitrogen and oxygen atoms in total. The van der Waals surface area contributed by atoms with E-state index in [-0.39, 0.29) is 0 Å². The van der Waals surface area contributed by atoms with Crippen LogP contribution in [0.4, 0.5) is 0 Å². The summed E-state index contributed by atoms with van der Waals surface area (Å²) in [5.41, 5.74) is 1.10. The zero-order valence-corrected chi connectivity index (χ0v) is 6.76. The van der Waals surface area contributed by atoms with Gasteiger partial charge in [0.25, 0.3) is 0 Å². The zero-order valence-electron chi connectivity index (χ0n) is 6.76. The fourth-order valence-corrected chi connectivity index (χ4v) is 0.992. The molecule has 0 atom stereocenters. The van der Waals surface area contributed by atoms with Gasteiger partial charge in [0.05, 0.1) is 5.76 Å². The first-order valence-electron chi connectivity index (χ1n) is 3.60. The minimum absolute atomic E-state index is 0.833. The smallest absolute Gasteiger partial charge is 0.129 e. The van der Waals surface area contributed by atoms with Crippen molar-refractivity contribution >= 4 is 0 Å². The Hall–Kier alpha value is -1.24. The molecule has 0 fully saturated rings. The molecule has 1 aliphatic heterocycles. The van der Waals surface area contributed by atoms with E-state index in [1.54, 1.807) is 12.2 Å². The van der Waals surface area contributed by atoms with E-state index in [1.165, 1.54) is 0 Å². The van der Waals surface area contributed by atoms with E-state index in [4.69, 9.17) is 4.74 Å². The first kappa shape index (κ1) is 7.86. The SMILES string of the molecule is C=CC1=C(C=C)OC(C)=CC1. The maximum absolute atomic E-state index is 5.39. The Kier molecular flexibility index (Phi) is 2.32. The summed E-state index contributed by atoms with van der Waals surface area (Å²) in [5, 5.41) is 0. The molecule has 1 rings (SSSR count). The van der Waals surface area contributed by atoms with Crippen molar-refractivity contribution in [1.29, 1.82) is 0 Å². The van der Waals surface area contributed by atoms with Gasteiger partial charge in [0, 0.05) is 0 Å². The number of rotatable bonds is 2. The molecule has 58 valence electrons. The van der Waals surface area contributed by atoms with Gasteiger partial charge in [-0.25, -0.2) is 0 Å². The second-order valence-electron chi connectivity index (χ2n) is 2.42. The molecule has 0 unspecified atom stereocenters. The summed E-state index contributed by atoms with van der Waals surface area (Å²) in [6.07, 6.45) is 6.45. The third kappa shape index (κ3) is 1.61. The molecule has 1 heterocycles. The van der Waals surface area contributed by atoms with Crippen molar-refractivity contribution in [3.63, 3.8) is 0 Å². The summed E-state index contributed by atoms with van der Waals surface area (Å²) in [5.74, 6) is 1.77. The van der Waals surface area contributed by atoms with Crippen LogP contribution in [0.25, 0.3) is 0 Å². The molecule has 11 heavy (non-hydrogen) atoms. The Morgan fingerprint density at radius 1 is 1.45 bits per heavy atom. The Morgan fingerprint density at radius 3 is 2.73 bits per heavy atom. The summed E-state index contributed by atoms with van der Waals surface area (Å²) in [4.78, 5) is 0. The highest BCUT2D eigenvalue weighted by Gasteiger charge is 2.07.